The smallest absolute Gasteiger partial charge is 0.416 e. The number of alkyl halides is 5. The minimum atomic E-state index is -4.49. The lowest BCUT2D eigenvalue weighted by atomic mass is 9.78. The number of carbonyl (C=O) groups excluding carboxylic acids is 3. The molecule has 0 amide bonds. The molecule has 0 atom stereocenters. The normalized spacial score (nSPS) is 13.5. The van der Waals surface area contributed by atoms with Crippen molar-refractivity contribution in [1.82, 2.24) is 44.3 Å². The number of halogens is 5. The minimum absolute atomic E-state index is 0.0616. The molecule has 0 unspecified atom stereocenters. The Balaban J connectivity index is 0.000000201. The fraction of sp³-hybridized carbons (Fsp3) is 0.353. The van der Waals surface area contributed by atoms with Gasteiger partial charge in [0.25, 0.3) is 0 Å². The maximum atomic E-state index is 12.9. The Morgan fingerprint density at radius 3 is 1.40 bits per heavy atom. The van der Waals surface area contributed by atoms with E-state index in [1.807, 2.05) is 64.1 Å². The van der Waals surface area contributed by atoms with Crippen molar-refractivity contribution in [2.24, 2.45) is 5.92 Å². The number of nitrogens with zero attached hydrogens (tertiary/aromatic N) is 9. The van der Waals surface area contributed by atoms with Gasteiger partial charge < -0.3 is 18.9 Å². The van der Waals surface area contributed by atoms with Gasteiger partial charge in [0.15, 0.2) is 23.3 Å². The number of methoxy groups -OCH3 is 1. The van der Waals surface area contributed by atoms with E-state index in [9.17, 15) is 36.3 Å². The summed E-state index contributed by atoms with van der Waals surface area (Å²) in [5.74, 6) is -2.04. The summed E-state index contributed by atoms with van der Waals surface area (Å²) in [6.07, 6.45) is 6.70. The summed E-state index contributed by atoms with van der Waals surface area (Å²) in [6, 6.07) is 15.1. The van der Waals surface area contributed by atoms with Crippen LogP contribution in [0.5, 0.6) is 11.5 Å². The van der Waals surface area contributed by atoms with Crippen molar-refractivity contribution in [2.45, 2.75) is 106 Å². The Bertz CT molecular complexity index is 2910. The molecule has 0 N–H and O–H groups in total. The van der Waals surface area contributed by atoms with Crippen LogP contribution in [0.1, 0.15) is 76.6 Å². The Hall–Kier alpha value is -7.84. The van der Waals surface area contributed by atoms with Gasteiger partial charge in [0, 0.05) is 66.2 Å². The third-order valence-electron chi connectivity index (χ3n) is 9.73. The second-order valence-corrected chi connectivity index (χ2v) is 17.5. The third kappa shape index (κ3) is 17.2. The summed E-state index contributed by atoms with van der Waals surface area (Å²) in [5, 5.41) is 12.7. The van der Waals surface area contributed by atoms with Gasteiger partial charge in [0.2, 0.25) is 5.92 Å². The summed E-state index contributed by atoms with van der Waals surface area (Å²) in [4.78, 5) is 47.2. The van der Waals surface area contributed by atoms with Crippen LogP contribution in [0.3, 0.4) is 0 Å². The zero-order valence-electron chi connectivity index (χ0n) is 41.4. The van der Waals surface area contributed by atoms with Crippen molar-refractivity contribution in [3.8, 4) is 45.7 Å². The third-order valence-corrected chi connectivity index (χ3v) is 9.73. The lowest BCUT2D eigenvalue weighted by Gasteiger charge is -2.32. The SMILES string of the molecule is COc1cc(C)cc(-c2ncn(/C=C\C(=O)OC(C)C)n2)c1.Cc1cc(-c2ncn(/C=C\C(=O)C3CC(F)(F)C3)n2)cc(C(F)(F)F)c1.Cc1cc(OC(C)C)cc(-c2ncn(/C=C\C(=O)OC(C)C)n2)c1. The number of carbonyl (C=O) groups is 3. The van der Waals surface area contributed by atoms with Gasteiger partial charge in [-0.25, -0.2) is 47.4 Å². The molecule has 0 spiro atoms. The zero-order valence-corrected chi connectivity index (χ0v) is 41.4. The summed E-state index contributed by atoms with van der Waals surface area (Å²) < 4.78 is 89.3. The van der Waals surface area contributed by atoms with Crippen molar-refractivity contribution in [1.29, 1.82) is 0 Å². The van der Waals surface area contributed by atoms with E-state index in [1.165, 1.54) is 65.8 Å². The highest BCUT2D eigenvalue weighted by atomic mass is 19.4. The molecule has 3 heterocycles. The summed E-state index contributed by atoms with van der Waals surface area (Å²) in [5.41, 5.74) is 3.63. The van der Waals surface area contributed by atoms with E-state index in [-0.39, 0.29) is 29.7 Å². The van der Waals surface area contributed by atoms with E-state index in [4.69, 9.17) is 18.9 Å². The molecule has 0 radical (unpaired) electrons. The predicted molar refractivity (Wildman–Crippen MR) is 259 cm³/mol. The van der Waals surface area contributed by atoms with Crippen LogP contribution in [-0.2, 0) is 30.0 Å². The van der Waals surface area contributed by atoms with Crippen molar-refractivity contribution < 1.29 is 55.3 Å². The highest BCUT2D eigenvalue weighted by Gasteiger charge is 2.47. The topological polar surface area (TPSA) is 180 Å². The van der Waals surface area contributed by atoms with Crippen molar-refractivity contribution in [2.75, 3.05) is 7.11 Å². The molecule has 1 fully saturated rings. The van der Waals surface area contributed by atoms with Gasteiger partial charge in [-0.05, 0) is 140 Å². The number of benzene rings is 3. The van der Waals surface area contributed by atoms with Crippen molar-refractivity contribution in [3.63, 3.8) is 0 Å². The van der Waals surface area contributed by atoms with E-state index in [0.717, 1.165) is 56.6 Å². The quantitative estimate of drug-likeness (QED) is 0.0539. The second kappa shape index (κ2) is 24.3. The van der Waals surface area contributed by atoms with Gasteiger partial charge in [-0.3, -0.25) is 4.79 Å². The van der Waals surface area contributed by atoms with Gasteiger partial charge in [0.05, 0.1) is 31.0 Å². The van der Waals surface area contributed by atoms with Crippen LogP contribution in [-0.4, -0.2) is 93.4 Å². The molecule has 382 valence electrons. The number of aryl methyl sites for hydroxylation is 3. The molecule has 3 aromatic carbocycles. The van der Waals surface area contributed by atoms with Crippen LogP contribution >= 0.6 is 0 Å². The first-order valence-corrected chi connectivity index (χ1v) is 22.6. The number of ether oxygens (including phenoxy) is 4. The van der Waals surface area contributed by atoms with E-state index in [1.54, 1.807) is 41.1 Å². The van der Waals surface area contributed by atoms with Gasteiger partial charge in [-0.1, -0.05) is 0 Å². The summed E-state index contributed by atoms with van der Waals surface area (Å²) >= 11 is 0. The van der Waals surface area contributed by atoms with E-state index >= 15 is 0 Å². The number of allylic oxidation sites excluding steroid dienone is 1. The van der Waals surface area contributed by atoms with Crippen LogP contribution in [0.4, 0.5) is 22.0 Å². The molecular weight excluding hydrogens is 946 g/mol. The highest BCUT2D eigenvalue weighted by molar-refractivity contribution is 5.94. The molecule has 0 saturated heterocycles. The predicted octanol–water partition coefficient (Wildman–Crippen LogP) is 10.5. The second-order valence-electron chi connectivity index (χ2n) is 17.5. The zero-order chi connectivity index (χ0) is 52.9. The maximum Gasteiger partial charge on any atom is 0.416 e. The number of hydrogen-bond donors (Lipinski definition) is 0. The summed E-state index contributed by atoms with van der Waals surface area (Å²) in [7, 11) is 1.62. The lowest BCUT2D eigenvalue weighted by Crippen LogP contribution is -2.39. The largest absolute Gasteiger partial charge is 0.497 e. The molecule has 7 rings (SSSR count). The van der Waals surface area contributed by atoms with Gasteiger partial charge in [-0.2, -0.15) is 13.2 Å². The van der Waals surface area contributed by atoms with Gasteiger partial charge in [-0.15, -0.1) is 15.3 Å². The first-order chi connectivity index (χ1) is 33.8. The molecule has 3 aromatic heterocycles. The van der Waals surface area contributed by atoms with Gasteiger partial charge >= 0.3 is 18.1 Å². The number of hydrogen-bond acceptors (Lipinski definition) is 13. The first kappa shape index (κ1) is 55.1. The average molecular weight is 1000 g/mol. The fourth-order valence-corrected chi connectivity index (χ4v) is 6.69. The monoisotopic (exact) mass is 1000 g/mol. The Labute approximate surface area is 413 Å². The molecule has 21 heteroatoms. The number of esters is 2. The maximum absolute atomic E-state index is 12.9. The van der Waals surface area contributed by atoms with Crippen LogP contribution in [0.15, 0.2) is 91.8 Å². The first-order valence-electron chi connectivity index (χ1n) is 22.6. The molecule has 16 nitrogen and oxygen atoms in total. The number of rotatable bonds is 15. The molecule has 1 saturated carbocycles. The van der Waals surface area contributed by atoms with Crippen molar-refractivity contribution >= 4 is 36.3 Å². The molecule has 1 aliphatic rings. The van der Waals surface area contributed by atoms with Crippen LogP contribution < -0.4 is 9.47 Å². The standard InChI is InChI=1S/C18H23N3O3.C17H14F5N3O.C16H19N3O3/c1-12(2)23-16-9-14(5)8-15(10-16)18-19-11-21(20-18)7-6-17(22)24-13(3)4;1-10-4-11(6-13(5-10)17(20,21)22)15-23-9-25(24-15)3-2-14(26)12-7-16(18,19)8-12;1-11(2)22-15(20)5-6-19-10-17-16(18-19)13-7-12(3)8-14(9-13)21-4/h6-13H,1-5H3;2-6,9,12H,7-8H2,1H3;5-11H,1-4H3/b7-6-;3-2-;6-5-. The molecular formula is C51H56F5N9O7. The number of ketones is 1. The Morgan fingerprint density at radius 1 is 0.597 bits per heavy atom. The Morgan fingerprint density at radius 2 is 1.00 bits per heavy atom. The fourth-order valence-electron chi connectivity index (χ4n) is 6.69. The van der Waals surface area contributed by atoms with Crippen LogP contribution in [0, 0.1) is 26.7 Å². The van der Waals surface area contributed by atoms with Crippen LogP contribution in [0.25, 0.3) is 52.8 Å². The Kier molecular flexibility index (Phi) is 18.6. The molecule has 72 heavy (non-hydrogen) atoms. The average Bonchev–Trinajstić information content (AvgIpc) is 4.07. The van der Waals surface area contributed by atoms with E-state index < -0.39 is 54.1 Å². The molecule has 0 bridgehead atoms. The molecule has 1 aliphatic carbocycles. The summed E-state index contributed by atoms with van der Waals surface area (Å²) in [6.45, 7) is 16.7. The molecule has 6 aromatic rings. The number of aromatic nitrogens is 9. The van der Waals surface area contributed by atoms with Crippen molar-refractivity contribution in [3.05, 3.63) is 114 Å². The van der Waals surface area contributed by atoms with Gasteiger partial charge in [0.1, 0.15) is 30.5 Å². The highest BCUT2D eigenvalue weighted by Crippen LogP contribution is 2.43. The van der Waals surface area contributed by atoms with E-state index in [2.05, 4.69) is 30.2 Å². The van der Waals surface area contributed by atoms with Crippen LogP contribution in [0.2, 0.25) is 0 Å². The minimum Gasteiger partial charge on any atom is -0.497 e. The van der Waals surface area contributed by atoms with E-state index in [0.29, 0.717) is 17.2 Å². The molecule has 0 aliphatic heterocycles. The lowest BCUT2D eigenvalue weighted by molar-refractivity contribution is -0.143.